The van der Waals surface area contributed by atoms with E-state index < -0.39 is 11.9 Å². The van der Waals surface area contributed by atoms with Gasteiger partial charge in [0.05, 0.1) is 10.7 Å². The van der Waals surface area contributed by atoms with Crippen molar-refractivity contribution in [3.8, 4) is 0 Å². The number of hydrogen-bond donors (Lipinski definition) is 3. The molecule has 1 rings (SSSR count). The summed E-state index contributed by atoms with van der Waals surface area (Å²) in [4.78, 5) is 24.0. The summed E-state index contributed by atoms with van der Waals surface area (Å²) in [5, 5.41) is 16.8. The lowest BCUT2D eigenvalue weighted by Gasteiger charge is -2.01. The average molecular weight is 365 g/mol. The van der Waals surface area contributed by atoms with Gasteiger partial charge in [0.25, 0.3) is 0 Å². The Morgan fingerprint density at radius 2 is 1.70 bits per heavy atom. The van der Waals surface area contributed by atoms with Gasteiger partial charge in [-0.05, 0) is 12.5 Å². The zero-order valence-corrected chi connectivity index (χ0v) is 14.5. The summed E-state index contributed by atoms with van der Waals surface area (Å²) >= 11 is 11.0. The topological polar surface area (TPSA) is 114 Å². The Bertz CT molecular complexity index is 524. The molecule has 0 saturated heterocycles. The number of pyridine rings is 1. The van der Waals surface area contributed by atoms with E-state index in [1.165, 1.54) is 31.7 Å². The molecule has 130 valence electrons. The fourth-order valence-electron chi connectivity index (χ4n) is 1.71. The minimum atomic E-state index is -1.26. The molecule has 0 aromatic carbocycles. The highest BCUT2D eigenvalue weighted by atomic mass is 35.5. The van der Waals surface area contributed by atoms with Gasteiger partial charge in [0.1, 0.15) is 5.15 Å². The van der Waals surface area contributed by atoms with Crippen molar-refractivity contribution >= 4 is 40.8 Å². The van der Waals surface area contributed by atoms with E-state index in [1.54, 1.807) is 0 Å². The quantitative estimate of drug-likeness (QED) is 0.462. The molecule has 0 aliphatic heterocycles. The number of aromatic nitrogens is 1. The maximum absolute atomic E-state index is 10.5. The lowest BCUT2D eigenvalue weighted by Crippen LogP contribution is -2.03. The summed E-state index contributed by atoms with van der Waals surface area (Å²) in [6, 6.07) is 1.29. The number of nitrogen functional groups attached to an aromatic ring is 1. The average Bonchev–Trinajstić information content (AvgIpc) is 2.46. The smallest absolute Gasteiger partial charge is 0.356 e. The van der Waals surface area contributed by atoms with Crippen LogP contribution < -0.4 is 5.73 Å². The van der Waals surface area contributed by atoms with Gasteiger partial charge in [-0.25, -0.2) is 9.78 Å². The molecule has 0 radical (unpaired) electrons. The summed E-state index contributed by atoms with van der Waals surface area (Å²) in [6.45, 7) is 2.18. The highest BCUT2D eigenvalue weighted by molar-refractivity contribution is 6.36. The van der Waals surface area contributed by atoms with Gasteiger partial charge in [0, 0.05) is 6.42 Å². The van der Waals surface area contributed by atoms with Crippen molar-refractivity contribution in [2.24, 2.45) is 0 Å². The summed E-state index contributed by atoms with van der Waals surface area (Å²) in [6.07, 6.45) is 7.25. The van der Waals surface area contributed by atoms with Gasteiger partial charge in [-0.15, -0.1) is 0 Å². The van der Waals surface area contributed by atoms with Crippen LogP contribution in [0, 0.1) is 0 Å². The van der Waals surface area contributed by atoms with Crippen LogP contribution in [0.3, 0.4) is 0 Å². The second kappa shape index (κ2) is 12.0. The van der Waals surface area contributed by atoms with E-state index in [-0.39, 0.29) is 21.6 Å². The van der Waals surface area contributed by atoms with Crippen LogP contribution in [0.1, 0.15) is 62.4 Å². The predicted octanol–water partition coefficient (Wildman–Crippen LogP) is 4.49. The van der Waals surface area contributed by atoms with Gasteiger partial charge < -0.3 is 15.9 Å². The third-order valence-electron chi connectivity index (χ3n) is 2.90. The number of anilines is 1. The van der Waals surface area contributed by atoms with Crippen molar-refractivity contribution in [1.82, 2.24) is 4.98 Å². The molecule has 0 amide bonds. The number of rotatable bonds is 8. The number of aliphatic carboxylic acids is 1. The van der Waals surface area contributed by atoms with E-state index in [4.69, 9.17) is 39.1 Å². The zero-order chi connectivity index (χ0) is 17.8. The Morgan fingerprint density at radius 1 is 1.13 bits per heavy atom. The predicted molar refractivity (Wildman–Crippen MR) is 91.3 cm³/mol. The Balaban J connectivity index is 0.000000423. The molecule has 0 spiro atoms. The molecule has 0 aliphatic carbocycles. The third kappa shape index (κ3) is 9.97. The largest absolute Gasteiger partial charge is 0.481 e. The number of hydrogen-bond acceptors (Lipinski definition) is 4. The highest BCUT2D eigenvalue weighted by Gasteiger charge is 2.14. The summed E-state index contributed by atoms with van der Waals surface area (Å²) in [7, 11) is 0. The molecule has 1 heterocycles. The molecule has 4 N–H and O–H groups in total. The monoisotopic (exact) mass is 364 g/mol. The Labute approximate surface area is 145 Å². The molecule has 1 aromatic heterocycles. The number of halogens is 2. The van der Waals surface area contributed by atoms with E-state index in [0.717, 1.165) is 12.8 Å². The van der Waals surface area contributed by atoms with E-state index in [0.29, 0.717) is 6.42 Å². The molecule has 8 heteroatoms. The van der Waals surface area contributed by atoms with Crippen molar-refractivity contribution in [1.29, 1.82) is 0 Å². The first kappa shape index (κ1) is 21.5. The molecule has 1 aromatic rings. The van der Waals surface area contributed by atoms with Gasteiger partial charge in [-0.1, -0.05) is 62.2 Å². The molecule has 23 heavy (non-hydrogen) atoms. The van der Waals surface area contributed by atoms with Crippen LogP contribution in [-0.4, -0.2) is 27.1 Å². The fourth-order valence-corrected chi connectivity index (χ4v) is 2.09. The second-order valence-electron chi connectivity index (χ2n) is 4.91. The zero-order valence-electron chi connectivity index (χ0n) is 13.0. The normalized spacial score (nSPS) is 9.87. The number of carboxylic acid groups (broad SMARTS) is 2. The fraction of sp³-hybridized carbons (Fsp3) is 0.533. The van der Waals surface area contributed by atoms with Crippen molar-refractivity contribution in [2.45, 2.75) is 51.9 Å². The minimum absolute atomic E-state index is 0.00861. The van der Waals surface area contributed by atoms with E-state index in [9.17, 15) is 9.59 Å². The van der Waals surface area contributed by atoms with Gasteiger partial charge in [0.15, 0.2) is 5.69 Å². The lowest BCUT2D eigenvalue weighted by atomic mass is 10.1. The molecule has 0 fully saturated rings. The Morgan fingerprint density at radius 3 is 2.22 bits per heavy atom. The van der Waals surface area contributed by atoms with Crippen molar-refractivity contribution in [3.05, 3.63) is 21.9 Å². The van der Waals surface area contributed by atoms with Crippen LogP contribution >= 0.6 is 23.2 Å². The maximum atomic E-state index is 10.5. The first-order valence-corrected chi connectivity index (χ1v) is 8.11. The molecule has 0 unspecified atom stereocenters. The number of carbonyl (C=O) groups is 2. The van der Waals surface area contributed by atoms with Crippen molar-refractivity contribution < 1.29 is 19.8 Å². The number of unbranched alkanes of at least 4 members (excludes halogenated alkanes) is 5. The van der Waals surface area contributed by atoms with Crippen molar-refractivity contribution in [2.75, 3.05) is 5.73 Å². The molecular weight excluding hydrogens is 343 g/mol. The number of aromatic carboxylic acids is 1. The van der Waals surface area contributed by atoms with Gasteiger partial charge in [0.2, 0.25) is 0 Å². The van der Waals surface area contributed by atoms with Crippen LogP contribution in [0.15, 0.2) is 6.07 Å². The van der Waals surface area contributed by atoms with Crippen LogP contribution in [-0.2, 0) is 4.79 Å². The summed E-state index contributed by atoms with van der Waals surface area (Å²) in [5.41, 5.74) is 5.11. The molecule has 0 aliphatic rings. The molecular formula is C15H22Cl2N2O4. The van der Waals surface area contributed by atoms with Crippen LogP contribution in [0.5, 0.6) is 0 Å². The van der Waals surface area contributed by atoms with Gasteiger partial charge in [-0.2, -0.15) is 0 Å². The van der Waals surface area contributed by atoms with Gasteiger partial charge in [-0.3, -0.25) is 4.79 Å². The Hall–Kier alpha value is -1.53. The van der Waals surface area contributed by atoms with E-state index in [1.807, 2.05) is 0 Å². The first-order valence-electron chi connectivity index (χ1n) is 7.36. The minimum Gasteiger partial charge on any atom is -0.481 e. The molecule has 0 saturated carbocycles. The highest BCUT2D eigenvalue weighted by Crippen LogP contribution is 2.24. The maximum Gasteiger partial charge on any atom is 0.356 e. The summed E-state index contributed by atoms with van der Waals surface area (Å²) < 4.78 is 0. The van der Waals surface area contributed by atoms with Crippen molar-refractivity contribution in [3.63, 3.8) is 0 Å². The first-order chi connectivity index (χ1) is 10.8. The summed E-state index contributed by atoms with van der Waals surface area (Å²) in [5.74, 6) is -1.92. The number of nitrogens with two attached hydrogens (primary N) is 1. The SMILES string of the molecule is CCCCCCCCC(=O)O.Nc1cc(Cl)nc(C(=O)O)c1Cl. The van der Waals surface area contributed by atoms with E-state index >= 15 is 0 Å². The van der Waals surface area contributed by atoms with Gasteiger partial charge >= 0.3 is 11.9 Å². The third-order valence-corrected chi connectivity index (χ3v) is 3.49. The van der Waals surface area contributed by atoms with Crippen LogP contribution in [0.25, 0.3) is 0 Å². The van der Waals surface area contributed by atoms with Crippen LogP contribution in [0.4, 0.5) is 5.69 Å². The Kier molecular flexibility index (Phi) is 11.2. The molecule has 6 nitrogen and oxygen atoms in total. The number of carboxylic acids is 2. The second-order valence-corrected chi connectivity index (χ2v) is 5.68. The molecule has 0 bridgehead atoms. The standard InChI is InChI=1S/C9H18O2.C6H4Cl2N2O2/c1-2-3-4-5-6-7-8-9(10)11;7-3-1-2(9)4(8)5(10-3)6(11)12/h2-8H2,1H3,(H,10,11);1H,(H2,9,10)(H,11,12). The van der Waals surface area contributed by atoms with E-state index in [2.05, 4.69) is 11.9 Å². The lowest BCUT2D eigenvalue weighted by molar-refractivity contribution is -0.137. The van der Waals surface area contributed by atoms with Crippen LogP contribution in [0.2, 0.25) is 10.2 Å². The molecule has 0 atom stereocenters. The number of nitrogens with zero attached hydrogens (tertiary/aromatic N) is 1.